The molecule has 4 heteroatoms. The number of amides is 1. The standard InChI is InChI=1S/C18H16N2OS/c21-18(19-11-10-16-7-4-12-22-16)15-8-9-17(20-13-15)14-5-2-1-3-6-14/h1-9,12-13H,10-11H2,(H,19,21). The van der Waals surface area contributed by atoms with Gasteiger partial charge in [-0.15, -0.1) is 11.3 Å². The fourth-order valence-electron chi connectivity index (χ4n) is 2.16. The Morgan fingerprint density at radius 1 is 1.05 bits per heavy atom. The van der Waals surface area contributed by atoms with Gasteiger partial charge >= 0.3 is 0 Å². The fourth-order valence-corrected chi connectivity index (χ4v) is 2.87. The van der Waals surface area contributed by atoms with Crippen molar-refractivity contribution in [3.05, 3.63) is 76.6 Å². The summed E-state index contributed by atoms with van der Waals surface area (Å²) >= 11 is 1.71. The Kier molecular flexibility index (Phi) is 4.61. The molecule has 0 aliphatic heterocycles. The Bertz CT molecular complexity index is 722. The number of thiophene rings is 1. The number of nitrogens with zero attached hydrogens (tertiary/aromatic N) is 1. The van der Waals surface area contributed by atoms with Gasteiger partial charge in [0.15, 0.2) is 0 Å². The molecule has 0 unspecified atom stereocenters. The van der Waals surface area contributed by atoms with Gasteiger partial charge in [0.25, 0.3) is 5.91 Å². The minimum Gasteiger partial charge on any atom is -0.352 e. The van der Waals surface area contributed by atoms with Crippen molar-refractivity contribution in [2.45, 2.75) is 6.42 Å². The fraction of sp³-hybridized carbons (Fsp3) is 0.111. The molecular formula is C18H16N2OS. The molecule has 0 spiro atoms. The summed E-state index contributed by atoms with van der Waals surface area (Å²) in [6, 6.07) is 17.7. The predicted octanol–water partition coefficient (Wildman–Crippen LogP) is 3.78. The largest absolute Gasteiger partial charge is 0.352 e. The van der Waals surface area contributed by atoms with Gasteiger partial charge in [-0.05, 0) is 30.0 Å². The third-order valence-electron chi connectivity index (χ3n) is 3.33. The summed E-state index contributed by atoms with van der Waals surface area (Å²) in [4.78, 5) is 17.7. The highest BCUT2D eigenvalue weighted by Gasteiger charge is 2.06. The SMILES string of the molecule is O=C(NCCc1cccs1)c1ccc(-c2ccccc2)nc1. The lowest BCUT2D eigenvalue weighted by Crippen LogP contribution is -2.25. The number of aromatic nitrogens is 1. The summed E-state index contributed by atoms with van der Waals surface area (Å²) < 4.78 is 0. The third-order valence-corrected chi connectivity index (χ3v) is 4.27. The minimum atomic E-state index is -0.0799. The molecule has 1 N–H and O–H groups in total. The highest BCUT2D eigenvalue weighted by atomic mass is 32.1. The Labute approximate surface area is 133 Å². The Balaban J connectivity index is 1.59. The summed E-state index contributed by atoms with van der Waals surface area (Å²) in [7, 11) is 0. The average Bonchev–Trinajstić information content (AvgIpc) is 3.09. The highest BCUT2D eigenvalue weighted by molar-refractivity contribution is 7.09. The Morgan fingerprint density at radius 2 is 1.91 bits per heavy atom. The first-order valence-corrected chi connectivity index (χ1v) is 8.03. The lowest BCUT2D eigenvalue weighted by atomic mass is 10.1. The average molecular weight is 308 g/mol. The van der Waals surface area contributed by atoms with Crippen LogP contribution < -0.4 is 5.32 Å². The first-order chi connectivity index (χ1) is 10.8. The third kappa shape index (κ3) is 3.59. The number of nitrogens with one attached hydrogen (secondary N) is 1. The van der Waals surface area contributed by atoms with E-state index < -0.39 is 0 Å². The van der Waals surface area contributed by atoms with Crippen molar-refractivity contribution < 1.29 is 4.79 Å². The van der Waals surface area contributed by atoms with Crippen molar-refractivity contribution in [1.82, 2.24) is 10.3 Å². The van der Waals surface area contributed by atoms with E-state index in [1.807, 2.05) is 53.9 Å². The number of rotatable bonds is 5. The molecule has 0 bridgehead atoms. The molecule has 0 aliphatic rings. The number of carbonyl (C=O) groups excluding carboxylic acids is 1. The normalized spacial score (nSPS) is 10.4. The van der Waals surface area contributed by atoms with Crippen LogP contribution >= 0.6 is 11.3 Å². The van der Waals surface area contributed by atoms with Gasteiger partial charge in [-0.25, -0.2) is 0 Å². The number of hydrogen-bond donors (Lipinski definition) is 1. The van der Waals surface area contributed by atoms with Crippen molar-refractivity contribution in [3.8, 4) is 11.3 Å². The Morgan fingerprint density at radius 3 is 2.59 bits per heavy atom. The lowest BCUT2D eigenvalue weighted by Gasteiger charge is -2.05. The van der Waals surface area contributed by atoms with Gasteiger partial charge in [0.1, 0.15) is 0 Å². The number of hydrogen-bond acceptors (Lipinski definition) is 3. The summed E-state index contributed by atoms with van der Waals surface area (Å²) in [6.07, 6.45) is 2.49. The van der Waals surface area contributed by atoms with Gasteiger partial charge in [-0.1, -0.05) is 36.4 Å². The summed E-state index contributed by atoms with van der Waals surface area (Å²) in [6.45, 7) is 0.639. The quantitative estimate of drug-likeness (QED) is 0.779. The number of pyridine rings is 1. The van der Waals surface area contributed by atoms with Crippen LogP contribution in [0.3, 0.4) is 0 Å². The highest BCUT2D eigenvalue weighted by Crippen LogP contribution is 2.16. The van der Waals surface area contributed by atoms with Crippen LogP contribution in [0.15, 0.2) is 66.2 Å². The minimum absolute atomic E-state index is 0.0799. The smallest absolute Gasteiger partial charge is 0.252 e. The van der Waals surface area contributed by atoms with Crippen LogP contribution in [0.5, 0.6) is 0 Å². The van der Waals surface area contributed by atoms with E-state index in [0.29, 0.717) is 12.1 Å². The van der Waals surface area contributed by atoms with Crippen LogP contribution in [-0.2, 0) is 6.42 Å². The van der Waals surface area contributed by atoms with Gasteiger partial charge in [0.2, 0.25) is 0 Å². The molecule has 3 nitrogen and oxygen atoms in total. The van der Waals surface area contributed by atoms with Crippen LogP contribution in [0.25, 0.3) is 11.3 Å². The van der Waals surface area contributed by atoms with E-state index in [2.05, 4.69) is 16.4 Å². The van der Waals surface area contributed by atoms with Crippen molar-refractivity contribution in [2.75, 3.05) is 6.54 Å². The molecule has 22 heavy (non-hydrogen) atoms. The zero-order chi connectivity index (χ0) is 15.2. The number of benzene rings is 1. The molecule has 1 amide bonds. The maximum Gasteiger partial charge on any atom is 0.252 e. The van der Waals surface area contributed by atoms with Gasteiger partial charge < -0.3 is 5.32 Å². The summed E-state index contributed by atoms with van der Waals surface area (Å²) in [5, 5.41) is 4.97. The van der Waals surface area contributed by atoms with E-state index in [9.17, 15) is 4.79 Å². The van der Waals surface area contributed by atoms with Crippen LogP contribution in [0.2, 0.25) is 0 Å². The second-order valence-electron chi connectivity index (χ2n) is 4.88. The molecule has 2 heterocycles. The molecule has 0 fully saturated rings. The number of carbonyl (C=O) groups is 1. The first kappa shape index (κ1) is 14.5. The van der Waals surface area contributed by atoms with E-state index in [-0.39, 0.29) is 5.91 Å². The summed E-state index contributed by atoms with van der Waals surface area (Å²) in [5.41, 5.74) is 2.51. The zero-order valence-corrected chi connectivity index (χ0v) is 12.8. The topological polar surface area (TPSA) is 42.0 Å². The van der Waals surface area contributed by atoms with Crippen LogP contribution in [0.1, 0.15) is 15.2 Å². The predicted molar refractivity (Wildman–Crippen MR) is 90.0 cm³/mol. The van der Waals surface area contributed by atoms with Gasteiger partial charge in [0.05, 0.1) is 11.3 Å². The van der Waals surface area contributed by atoms with Gasteiger partial charge in [-0.3, -0.25) is 9.78 Å². The second-order valence-corrected chi connectivity index (χ2v) is 5.92. The van der Waals surface area contributed by atoms with Crippen molar-refractivity contribution in [1.29, 1.82) is 0 Å². The molecule has 2 aromatic heterocycles. The summed E-state index contributed by atoms with van der Waals surface area (Å²) in [5.74, 6) is -0.0799. The molecule has 0 atom stereocenters. The molecule has 1 aromatic carbocycles. The van der Waals surface area contributed by atoms with E-state index >= 15 is 0 Å². The maximum absolute atomic E-state index is 12.1. The van der Waals surface area contributed by atoms with E-state index in [4.69, 9.17) is 0 Å². The lowest BCUT2D eigenvalue weighted by molar-refractivity contribution is 0.0954. The van der Waals surface area contributed by atoms with Crippen molar-refractivity contribution >= 4 is 17.2 Å². The van der Waals surface area contributed by atoms with Crippen LogP contribution in [-0.4, -0.2) is 17.4 Å². The molecule has 3 aromatic rings. The molecular weight excluding hydrogens is 292 g/mol. The van der Waals surface area contributed by atoms with Gasteiger partial charge in [0, 0.05) is 23.2 Å². The monoisotopic (exact) mass is 308 g/mol. The van der Waals surface area contributed by atoms with Crippen LogP contribution in [0, 0.1) is 0 Å². The molecule has 0 saturated heterocycles. The maximum atomic E-state index is 12.1. The molecule has 0 radical (unpaired) electrons. The van der Waals surface area contributed by atoms with Crippen molar-refractivity contribution in [2.24, 2.45) is 0 Å². The molecule has 110 valence electrons. The van der Waals surface area contributed by atoms with E-state index in [1.165, 1.54) is 4.88 Å². The van der Waals surface area contributed by atoms with E-state index in [1.54, 1.807) is 17.5 Å². The molecule has 3 rings (SSSR count). The van der Waals surface area contributed by atoms with Crippen LogP contribution in [0.4, 0.5) is 0 Å². The first-order valence-electron chi connectivity index (χ1n) is 7.15. The second kappa shape index (κ2) is 7.00. The molecule has 0 saturated carbocycles. The Hall–Kier alpha value is -2.46. The van der Waals surface area contributed by atoms with Gasteiger partial charge in [-0.2, -0.15) is 0 Å². The van der Waals surface area contributed by atoms with E-state index in [0.717, 1.165) is 17.7 Å². The van der Waals surface area contributed by atoms with Crippen molar-refractivity contribution in [3.63, 3.8) is 0 Å². The molecule has 0 aliphatic carbocycles. The zero-order valence-electron chi connectivity index (χ0n) is 12.0.